The van der Waals surface area contributed by atoms with Crippen LogP contribution in [-0.2, 0) is 6.42 Å². The lowest BCUT2D eigenvalue weighted by atomic mass is 10.0. The Balaban J connectivity index is 1.80. The zero-order chi connectivity index (χ0) is 17.6. The van der Waals surface area contributed by atoms with Crippen molar-refractivity contribution in [2.24, 2.45) is 0 Å². The molecule has 0 saturated carbocycles. The fourth-order valence-corrected chi connectivity index (χ4v) is 3.49. The molecule has 0 fully saturated rings. The van der Waals surface area contributed by atoms with Gasteiger partial charge in [0.15, 0.2) is 0 Å². The zero-order valence-corrected chi connectivity index (χ0v) is 15.2. The van der Waals surface area contributed by atoms with Crippen molar-refractivity contribution in [3.05, 3.63) is 53.9 Å². The number of amides is 1. The van der Waals surface area contributed by atoms with E-state index in [0.29, 0.717) is 5.69 Å². The van der Waals surface area contributed by atoms with E-state index in [1.54, 1.807) is 0 Å². The Bertz CT molecular complexity index is 705. The number of fused-ring (bicyclic) bond motifs is 1. The summed E-state index contributed by atoms with van der Waals surface area (Å²) in [4.78, 5) is 21.3. The maximum absolute atomic E-state index is 12.7. The van der Waals surface area contributed by atoms with Crippen LogP contribution in [0.1, 0.15) is 49.2 Å². The normalized spacial score (nSPS) is 13.4. The summed E-state index contributed by atoms with van der Waals surface area (Å²) in [6.07, 6.45) is 6.03. The number of hydrogen-bond donors (Lipinski definition) is 0. The number of carbonyl (C=O) groups excluding carboxylic acids is 1. The van der Waals surface area contributed by atoms with Crippen molar-refractivity contribution in [2.45, 2.75) is 39.5 Å². The number of nitrogens with zero attached hydrogens (tertiary/aromatic N) is 3. The Kier molecular flexibility index (Phi) is 5.69. The summed E-state index contributed by atoms with van der Waals surface area (Å²) in [5, 5.41) is 0. The third kappa shape index (κ3) is 3.84. The number of aromatic nitrogens is 1. The molecule has 4 heteroatoms. The molecule has 2 aromatic rings. The molecular weight excluding hydrogens is 310 g/mol. The number of rotatable bonds is 6. The van der Waals surface area contributed by atoms with E-state index in [9.17, 15) is 4.79 Å². The van der Waals surface area contributed by atoms with Gasteiger partial charge in [-0.1, -0.05) is 32.0 Å². The minimum atomic E-state index is 0.0364. The summed E-state index contributed by atoms with van der Waals surface area (Å²) >= 11 is 0. The highest BCUT2D eigenvalue weighted by atomic mass is 16.2. The van der Waals surface area contributed by atoms with E-state index >= 15 is 0 Å². The van der Waals surface area contributed by atoms with Crippen LogP contribution < -0.4 is 4.90 Å². The molecule has 0 spiro atoms. The lowest BCUT2D eigenvalue weighted by Gasteiger charge is -2.31. The smallest absolute Gasteiger partial charge is 0.272 e. The van der Waals surface area contributed by atoms with Crippen molar-refractivity contribution in [1.82, 2.24) is 9.88 Å². The molecule has 1 aromatic heterocycles. The summed E-state index contributed by atoms with van der Waals surface area (Å²) < 4.78 is 0. The number of carbonyl (C=O) groups is 1. The third-order valence-electron chi connectivity index (χ3n) is 4.66. The Morgan fingerprint density at radius 3 is 2.56 bits per heavy atom. The molecule has 1 aliphatic heterocycles. The summed E-state index contributed by atoms with van der Waals surface area (Å²) in [6, 6.07) is 12.4. The summed E-state index contributed by atoms with van der Waals surface area (Å²) in [5.41, 5.74) is 4.23. The lowest BCUT2D eigenvalue weighted by Crippen LogP contribution is -2.33. The van der Waals surface area contributed by atoms with Gasteiger partial charge >= 0.3 is 0 Å². The maximum Gasteiger partial charge on any atom is 0.272 e. The first-order valence-electron chi connectivity index (χ1n) is 9.35. The van der Waals surface area contributed by atoms with Crippen LogP contribution in [0, 0.1) is 0 Å². The van der Waals surface area contributed by atoms with Crippen LogP contribution in [0.25, 0.3) is 0 Å². The van der Waals surface area contributed by atoms with E-state index in [2.05, 4.69) is 48.0 Å². The number of hydrogen-bond acceptors (Lipinski definition) is 3. The fraction of sp³-hybridized carbons (Fsp3) is 0.429. The van der Waals surface area contributed by atoms with Crippen molar-refractivity contribution in [3.8, 4) is 0 Å². The Hall–Kier alpha value is -2.36. The van der Waals surface area contributed by atoms with Gasteiger partial charge in [-0.3, -0.25) is 4.79 Å². The maximum atomic E-state index is 12.7. The fourth-order valence-electron chi connectivity index (χ4n) is 3.49. The molecule has 0 saturated heterocycles. The molecule has 0 unspecified atom stereocenters. The van der Waals surface area contributed by atoms with E-state index in [0.717, 1.165) is 51.0 Å². The van der Waals surface area contributed by atoms with Crippen molar-refractivity contribution < 1.29 is 4.79 Å². The number of aryl methyl sites for hydroxylation is 1. The molecule has 1 amide bonds. The number of pyridine rings is 1. The van der Waals surface area contributed by atoms with Gasteiger partial charge in [0.2, 0.25) is 0 Å². The summed E-state index contributed by atoms with van der Waals surface area (Å²) in [5.74, 6) is 0.0364. The van der Waals surface area contributed by atoms with Crippen LogP contribution in [0.15, 0.2) is 42.6 Å². The average Bonchev–Trinajstić information content (AvgIpc) is 2.67. The highest BCUT2D eigenvalue weighted by Crippen LogP contribution is 2.32. The van der Waals surface area contributed by atoms with Crippen LogP contribution in [0.3, 0.4) is 0 Å². The molecule has 0 aliphatic carbocycles. The van der Waals surface area contributed by atoms with E-state index < -0.39 is 0 Å². The summed E-state index contributed by atoms with van der Waals surface area (Å²) in [6.45, 7) is 6.76. The van der Waals surface area contributed by atoms with Gasteiger partial charge in [0, 0.05) is 25.3 Å². The van der Waals surface area contributed by atoms with Gasteiger partial charge in [0.25, 0.3) is 5.91 Å². The SMILES string of the molecule is CCCN(CCC)C(=O)c1ccc(N2CCCc3ccccc32)cn1. The Labute approximate surface area is 150 Å². The van der Waals surface area contributed by atoms with Crippen molar-refractivity contribution in [1.29, 1.82) is 0 Å². The Morgan fingerprint density at radius 1 is 1.12 bits per heavy atom. The molecule has 0 N–H and O–H groups in total. The Morgan fingerprint density at radius 2 is 1.88 bits per heavy atom. The molecule has 0 bridgehead atoms. The van der Waals surface area contributed by atoms with E-state index in [4.69, 9.17) is 0 Å². The highest BCUT2D eigenvalue weighted by Gasteiger charge is 2.19. The van der Waals surface area contributed by atoms with Crippen LogP contribution >= 0.6 is 0 Å². The minimum Gasteiger partial charge on any atom is -0.340 e. The monoisotopic (exact) mass is 337 g/mol. The van der Waals surface area contributed by atoms with Gasteiger partial charge in [-0.25, -0.2) is 4.98 Å². The summed E-state index contributed by atoms with van der Waals surface area (Å²) in [7, 11) is 0. The topological polar surface area (TPSA) is 36.4 Å². The molecule has 25 heavy (non-hydrogen) atoms. The average molecular weight is 337 g/mol. The van der Waals surface area contributed by atoms with Crippen molar-refractivity contribution in [3.63, 3.8) is 0 Å². The molecule has 3 rings (SSSR count). The predicted molar refractivity (Wildman–Crippen MR) is 102 cm³/mol. The molecule has 1 aromatic carbocycles. The first kappa shape index (κ1) is 17.5. The lowest BCUT2D eigenvalue weighted by molar-refractivity contribution is 0.0749. The quantitative estimate of drug-likeness (QED) is 0.782. The second-order valence-electron chi connectivity index (χ2n) is 6.58. The van der Waals surface area contributed by atoms with Gasteiger partial charge in [0.05, 0.1) is 11.9 Å². The van der Waals surface area contributed by atoms with Gasteiger partial charge in [-0.15, -0.1) is 0 Å². The van der Waals surface area contributed by atoms with Crippen LogP contribution in [0.2, 0.25) is 0 Å². The highest BCUT2D eigenvalue weighted by molar-refractivity contribution is 5.92. The molecule has 2 heterocycles. The molecule has 4 nitrogen and oxygen atoms in total. The van der Waals surface area contributed by atoms with Gasteiger partial charge < -0.3 is 9.80 Å². The standard InChI is InChI=1S/C21H27N3O/c1-3-13-23(14-4-2)21(25)19-12-11-18(16-22-19)24-15-7-9-17-8-5-6-10-20(17)24/h5-6,8,10-12,16H,3-4,7,9,13-15H2,1-2H3. The first-order chi connectivity index (χ1) is 12.2. The van der Waals surface area contributed by atoms with Gasteiger partial charge in [0.1, 0.15) is 5.69 Å². The largest absolute Gasteiger partial charge is 0.340 e. The molecule has 132 valence electrons. The number of para-hydroxylation sites is 1. The molecule has 0 atom stereocenters. The van der Waals surface area contributed by atoms with Crippen LogP contribution in [0.4, 0.5) is 11.4 Å². The van der Waals surface area contributed by atoms with Crippen molar-refractivity contribution in [2.75, 3.05) is 24.5 Å². The van der Waals surface area contributed by atoms with E-state index in [-0.39, 0.29) is 5.91 Å². The second-order valence-corrected chi connectivity index (χ2v) is 6.58. The minimum absolute atomic E-state index is 0.0364. The third-order valence-corrected chi connectivity index (χ3v) is 4.66. The zero-order valence-electron chi connectivity index (χ0n) is 15.2. The van der Waals surface area contributed by atoms with Crippen LogP contribution in [0.5, 0.6) is 0 Å². The van der Waals surface area contributed by atoms with Gasteiger partial charge in [-0.05, 0) is 49.4 Å². The van der Waals surface area contributed by atoms with E-state index in [1.165, 1.54) is 11.3 Å². The van der Waals surface area contributed by atoms with Crippen LogP contribution in [-0.4, -0.2) is 35.4 Å². The molecule has 1 aliphatic rings. The van der Waals surface area contributed by atoms with E-state index in [1.807, 2.05) is 23.2 Å². The van der Waals surface area contributed by atoms with Crippen molar-refractivity contribution >= 4 is 17.3 Å². The number of anilines is 2. The second kappa shape index (κ2) is 8.15. The predicted octanol–water partition coefficient (Wildman–Crippen LogP) is 4.43. The molecule has 0 radical (unpaired) electrons. The number of benzene rings is 1. The first-order valence-corrected chi connectivity index (χ1v) is 9.35. The molecular formula is C21H27N3O. The van der Waals surface area contributed by atoms with Gasteiger partial charge in [-0.2, -0.15) is 0 Å².